The van der Waals surface area contributed by atoms with Crippen LogP contribution in [0.5, 0.6) is 5.75 Å². The van der Waals surface area contributed by atoms with Gasteiger partial charge in [0.25, 0.3) is 17.7 Å². The molecule has 1 fully saturated rings. The minimum Gasteiger partial charge on any atom is -0.484 e. The number of ether oxygens (including phenoxy) is 2. The molecule has 0 radical (unpaired) electrons. The van der Waals surface area contributed by atoms with E-state index in [0.717, 1.165) is 19.3 Å². The predicted octanol–water partition coefficient (Wildman–Crippen LogP) is 4.17. The van der Waals surface area contributed by atoms with Gasteiger partial charge in [0.05, 0.1) is 23.8 Å². The molecule has 1 N–H and O–H groups in total. The first kappa shape index (κ1) is 23.0. The number of nitrogens with zero attached hydrogens (tertiary/aromatic N) is 1. The van der Waals surface area contributed by atoms with Crippen LogP contribution >= 0.6 is 0 Å². The van der Waals surface area contributed by atoms with Crippen molar-refractivity contribution in [1.29, 1.82) is 0 Å². The SMILES string of the molecule is CCC(C)(C)c1ccc(OCC(=O)Nc2ccc3c(c2)C(=O)N(CC2CCCO2)C3=O)cc1. The van der Waals surface area contributed by atoms with Gasteiger partial charge in [-0.2, -0.15) is 0 Å². The predicted molar refractivity (Wildman–Crippen MR) is 125 cm³/mol. The molecule has 2 aliphatic heterocycles. The molecule has 0 bridgehead atoms. The number of carbonyl (C=O) groups excluding carboxylic acids is 3. The van der Waals surface area contributed by atoms with Gasteiger partial charge in [0.1, 0.15) is 5.75 Å². The van der Waals surface area contributed by atoms with E-state index in [0.29, 0.717) is 29.2 Å². The van der Waals surface area contributed by atoms with Crippen LogP contribution in [-0.2, 0) is 14.9 Å². The van der Waals surface area contributed by atoms with Gasteiger partial charge in [-0.05, 0) is 60.6 Å². The second-order valence-electron chi connectivity index (χ2n) is 9.21. The van der Waals surface area contributed by atoms with Crippen molar-refractivity contribution >= 4 is 23.4 Å². The Bertz CT molecular complexity index is 1050. The fraction of sp³-hybridized carbons (Fsp3) is 0.423. The van der Waals surface area contributed by atoms with Gasteiger partial charge < -0.3 is 14.8 Å². The molecule has 2 aromatic rings. The topological polar surface area (TPSA) is 84.9 Å². The van der Waals surface area contributed by atoms with Gasteiger partial charge in [-0.3, -0.25) is 19.3 Å². The highest BCUT2D eigenvalue weighted by Gasteiger charge is 2.37. The Morgan fingerprint density at radius 2 is 1.85 bits per heavy atom. The zero-order valence-electron chi connectivity index (χ0n) is 19.3. The van der Waals surface area contributed by atoms with E-state index < -0.39 is 0 Å². The lowest BCUT2D eigenvalue weighted by atomic mass is 9.82. The van der Waals surface area contributed by atoms with E-state index in [1.54, 1.807) is 18.2 Å². The Morgan fingerprint density at radius 1 is 1.12 bits per heavy atom. The third-order valence-corrected chi connectivity index (χ3v) is 6.55. The second kappa shape index (κ2) is 9.35. The lowest BCUT2D eigenvalue weighted by Gasteiger charge is -2.23. The number of rotatable bonds is 8. The first-order valence-electron chi connectivity index (χ1n) is 11.4. The fourth-order valence-corrected chi connectivity index (χ4v) is 4.08. The number of carbonyl (C=O) groups is 3. The van der Waals surface area contributed by atoms with Crippen LogP contribution in [0.1, 0.15) is 66.3 Å². The standard InChI is InChI=1S/C26H30N2O5/c1-4-26(2,3)17-7-10-19(11-8-17)33-16-23(29)27-18-9-12-21-22(14-18)25(31)28(24(21)30)15-20-6-5-13-32-20/h7-12,14,20H,4-6,13,15-16H2,1-3H3,(H,27,29). The van der Waals surface area contributed by atoms with E-state index >= 15 is 0 Å². The Balaban J connectivity index is 1.35. The Labute approximate surface area is 194 Å². The summed E-state index contributed by atoms with van der Waals surface area (Å²) in [6.07, 6.45) is 2.70. The van der Waals surface area contributed by atoms with Crippen LogP contribution in [0.4, 0.5) is 5.69 Å². The van der Waals surface area contributed by atoms with Crippen LogP contribution in [0, 0.1) is 0 Å². The van der Waals surface area contributed by atoms with Gasteiger partial charge in [0, 0.05) is 12.3 Å². The highest BCUT2D eigenvalue weighted by molar-refractivity contribution is 6.21. The molecule has 7 heteroatoms. The van der Waals surface area contributed by atoms with Crippen molar-refractivity contribution in [3.8, 4) is 5.75 Å². The van der Waals surface area contributed by atoms with Crippen LogP contribution in [0.2, 0.25) is 0 Å². The molecule has 0 aliphatic carbocycles. The van der Waals surface area contributed by atoms with Crippen LogP contribution in [0.15, 0.2) is 42.5 Å². The molecule has 0 saturated carbocycles. The summed E-state index contributed by atoms with van der Waals surface area (Å²) in [5, 5.41) is 2.74. The molecule has 2 aliphatic rings. The Hall–Kier alpha value is -3.19. The normalized spacial score (nSPS) is 17.9. The Morgan fingerprint density at radius 3 is 2.52 bits per heavy atom. The van der Waals surface area contributed by atoms with Crippen LogP contribution in [0.3, 0.4) is 0 Å². The van der Waals surface area contributed by atoms with Crippen LogP contribution in [0.25, 0.3) is 0 Å². The van der Waals surface area contributed by atoms with E-state index in [9.17, 15) is 14.4 Å². The maximum absolute atomic E-state index is 12.8. The number of nitrogens with one attached hydrogen (secondary N) is 1. The van der Waals surface area contributed by atoms with Crippen LogP contribution in [-0.4, -0.2) is 48.5 Å². The van der Waals surface area contributed by atoms with Gasteiger partial charge in [-0.1, -0.05) is 32.9 Å². The largest absolute Gasteiger partial charge is 0.484 e. The minimum absolute atomic E-state index is 0.0853. The first-order valence-corrected chi connectivity index (χ1v) is 11.4. The van der Waals surface area contributed by atoms with E-state index in [2.05, 4.69) is 26.1 Å². The third kappa shape index (κ3) is 4.93. The molecular weight excluding hydrogens is 420 g/mol. The van der Waals surface area contributed by atoms with Crippen molar-refractivity contribution in [1.82, 2.24) is 4.90 Å². The Kier molecular flexibility index (Phi) is 6.51. The van der Waals surface area contributed by atoms with Crippen LogP contribution < -0.4 is 10.1 Å². The number of imide groups is 1. The molecule has 2 aromatic carbocycles. The zero-order chi connectivity index (χ0) is 23.6. The van der Waals surface area contributed by atoms with Gasteiger partial charge in [-0.15, -0.1) is 0 Å². The molecule has 33 heavy (non-hydrogen) atoms. The summed E-state index contributed by atoms with van der Waals surface area (Å²) in [4.78, 5) is 39.0. The second-order valence-corrected chi connectivity index (χ2v) is 9.21. The molecule has 1 atom stereocenters. The molecule has 4 rings (SSSR count). The summed E-state index contributed by atoms with van der Waals surface area (Å²) < 4.78 is 11.2. The summed E-state index contributed by atoms with van der Waals surface area (Å²) in [7, 11) is 0. The molecule has 174 valence electrons. The van der Waals surface area contributed by atoms with Gasteiger partial charge in [-0.25, -0.2) is 0 Å². The van der Waals surface area contributed by atoms with Gasteiger partial charge in [0.15, 0.2) is 6.61 Å². The van der Waals surface area contributed by atoms with Crippen molar-refractivity contribution in [2.75, 3.05) is 25.1 Å². The van der Waals surface area contributed by atoms with Gasteiger partial charge >= 0.3 is 0 Å². The number of benzene rings is 2. The molecule has 1 unspecified atom stereocenters. The highest BCUT2D eigenvalue weighted by Crippen LogP contribution is 2.29. The maximum Gasteiger partial charge on any atom is 0.262 e. The average Bonchev–Trinajstić information content (AvgIpc) is 3.41. The third-order valence-electron chi connectivity index (χ3n) is 6.55. The molecular formula is C26H30N2O5. The van der Waals surface area contributed by atoms with E-state index in [1.165, 1.54) is 10.5 Å². The average molecular weight is 451 g/mol. The summed E-state index contributed by atoms with van der Waals surface area (Å²) in [5.74, 6) is -0.407. The van der Waals surface area contributed by atoms with Crippen molar-refractivity contribution in [3.63, 3.8) is 0 Å². The summed E-state index contributed by atoms with van der Waals surface area (Å²) in [6, 6.07) is 12.5. The van der Waals surface area contributed by atoms with Gasteiger partial charge in [0.2, 0.25) is 0 Å². The smallest absolute Gasteiger partial charge is 0.262 e. The molecule has 0 aromatic heterocycles. The summed E-state index contributed by atoms with van der Waals surface area (Å²) in [5.41, 5.74) is 2.39. The quantitative estimate of drug-likeness (QED) is 0.611. The lowest BCUT2D eigenvalue weighted by molar-refractivity contribution is -0.118. The number of amides is 3. The molecule has 0 spiro atoms. The van der Waals surface area contributed by atoms with E-state index in [4.69, 9.17) is 9.47 Å². The monoisotopic (exact) mass is 450 g/mol. The fourth-order valence-electron chi connectivity index (χ4n) is 4.08. The highest BCUT2D eigenvalue weighted by atomic mass is 16.5. The number of fused-ring (bicyclic) bond motifs is 1. The number of hydrogen-bond acceptors (Lipinski definition) is 5. The van der Waals surface area contributed by atoms with Crippen molar-refractivity contribution in [3.05, 3.63) is 59.2 Å². The minimum atomic E-state index is -0.354. The van der Waals surface area contributed by atoms with Crippen molar-refractivity contribution in [2.24, 2.45) is 0 Å². The molecule has 2 heterocycles. The maximum atomic E-state index is 12.8. The van der Waals surface area contributed by atoms with E-state index in [1.807, 2.05) is 24.3 Å². The summed E-state index contributed by atoms with van der Waals surface area (Å²) in [6.45, 7) is 7.29. The molecule has 7 nitrogen and oxygen atoms in total. The molecule has 3 amide bonds. The van der Waals surface area contributed by atoms with Crippen molar-refractivity contribution in [2.45, 2.75) is 51.6 Å². The van der Waals surface area contributed by atoms with Crippen molar-refractivity contribution < 1.29 is 23.9 Å². The number of anilines is 1. The molecule has 1 saturated heterocycles. The zero-order valence-corrected chi connectivity index (χ0v) is 19.3. The summed E-state index contributed by atoms with van der Waals surface area (Å²) >= 11 is 0. The lowest BCUT2D eigenvalue weighted by Crippen LogP contribution is -2.36. The van der Waals surface area contributed by atoms with E-state index in [-0.39, 0.29) is 42.4 Å². The first-order chi connectivity index (χ1) is 15.8. The number of hydrogen-bond donors (Lipinski definition) is 1.